The molecular weight excluding hydrogens is 318 g/mol. The van der Waals surface area contributed by atoms with E-state index >= 15 is 0 Å². The Labute approximate surface area is 148 Å². The highest BCUT2D eigenvalue weighted by molar-refractivity contribution is 6.30. The first-order valence-electron chi connectivity index (χ1n) is 8.20. The summed E-state index contributed by atoms with van der Waals surface area (Å²) < 4.78 is 6.00. The highest BCUT2D eigenvalue weighted by Gasteiger charge is 2.13. The molecule has 0 amide bonds. The molecule has 24 heavy (non-hydrogen) atoms. The van der Waals surface area contributed by atoms with E-state index in [0.717, 1.165) is 35.1 Å². The molecular formula is C21H22ClNO. The van der Waals surface area contributed by atoms with E-state index in [9.17, 15) is 0 Å². The second-order valence-electron chi connectivity index (χ2n) is 6.23. The number of benzene rings is 2. The van der Waals surface area contributed by atoms with E-state index < -0.39 is 0 Å². The quantitative estimate of drug-likeness (QED) is 0.576. The van der Waals surface area contributed by atoms with Gasteiger partial charge in [0, 0.05) is 16.6 Å². The first kappa shape index (κ1) is 16.8. The Balaban J connectivity index is 1.62. The third-order valence-corrected chi connectivity index (χ3v) is 4.57. The minimum atomic E-state index is 0.441. The molecule has 2 nitrogen and oxygen atoms in total. The van der Waals surface area contributed by atoms with Crippen molar-refractivity contribution in [2.24, 2.45) is 0 Å². The van der Waals surface area contributed by atoms with Crippen molar-refractivity contribution < 1.29 is 4.42 Å². The van der Waals surface area contributed by atoms with Crippen molar-refractivity contribution in [3.05, 3.63) is 83.1 Å². The predicted molar refractivity (Wildman–Crippen MR) is 100 cm³/mol. The second kappa shape index (κ2) is 7.69. The average Bonchev–Trinajstić information content (AvgIpc) is 3.05. The Kier molecular flexibility index (Phi) is 5.39. The predicted octanol–water partition coefficient (Wildman–Crippen LogP) is 5.66. The molecule has 124 valence electrons. The maximum absolute atomic E-state index is 6.00. The fourth-order valence-electron chi connectivity index (χ4n) is 2.74. The second-order valence-corrected chi connectivity index (χ2v) is 6.66. The normalized spacial score (nSPS) is 12.5. The monoisotopic (exact) mass is 339 g/mol. The van der Waals surface area contributed by atoms with Gasteiger partial charge >= 0.3 is 0 Å². The van der Waals surface area contributed by atoms with Crippen LogP contribution < -0.4 is 0 Å². The summed E-state index contributed by atoms with van der Waals surface area (Å²) in [5.41, 5.74) is 2.41. The van der Waals surface area contributed by atoms with Crippen LogP contribution in [0, 0.1) is 0 Å². The van der Waals surface area contributed by atoms with E-state index in [-0.39, 0.29) is 0 Å². The lowest BCUT2D eigenvalue weighted by Crippen LogP contribution is -2.30. The van der Waals surface area contributed by atoms with Crippen molar-refractivity contribution in [3.8, 4) is 11.3 Å². The molecule has 0 fully saturated rings. The third-order valence-electron chi connectivity index (χ3n) is 4.32. The third kappa shape index (κ3) is 4.28. The zero-order valence-electron chi connectivity index (χ0n) is 14.1. The van der Waals surface area contributed by atoms with Crippen molar-refractivity contribution >= 4 is 11.6 Å². The number of rotatable bonds is 6. The van der Waals surface area contributed by atoms with Crippen LogP contribution in [0.2, 0.25) is 5.02 Å². The van der Waals surface area contributed by atoms with Crippen LogP contribution in [0.5, 0.6) is 0 Å². The molecule has 0 unspecified atom stereocenters. The van der Waals surface area contributed by atoms with Gasteiger partial charge in [-0.05, 0) is 62.4 Å². The lowest BCUT2D eigenvalue weighted by Gasteiger charge is -2.23. The summed E-state index contributed by atoms with van der Waals surface area (Å²) >= 11 is 5.94. The van der Waals surface area contributed by atoms with Gasteiger partial charge in [0.1, 0.15) is 11.5 Å². The van der Waals surface area contributed by atoms with Crippen molar-refractivity contribution in [2.45, 2.75) is 25.9 Å². The van der Waals surface area contributed by atoms with Crippen molar-refractivity contribution in [1.82, 2.24) is 4.90 Å². The largest absolute Gasteiger partial charge is 0.460 e. The van der Waals surface area contributed by atoms with Crippen LogP contribution in [0.3, 0.4) is 0 Å². The number of nitrogens with zero attached hydrogens (tertiary/aromatic N) is 1. The first-order chi connectivity index (χ1) is 11.6. The van der Waals surface area contributed by atoms with E-state index in [1.165, 1.54) is 5.56 Å². The molecule has 0 aliphatic rings. The Bertz CT molecular complexity index is 764. The van der Waals surface area contributed by atoms with Crippen molar-refractivity contribution in [3.63, 3.8) is 0 Å². The number of furan rings is 1. The minimum absolute atomic E-state index is 0.441. The van der Waals surface area contributed by atoms with E-state index in [1.807, 2.05) is 30.3 Å². The van der Waals surface area contributed by atoms with Gasteiger partial charge in [-0.1, -0.05) is 41.9 Å². The summed E-state index contributed by atoms with van der Waals surface area (Å²) in [6.07, 6.45) is 1.03. The maximum atomic E-state index is 6.00. The number of halogens is 1. The molecule has 1 aromatic heterocycles. The van der Waals surface area contributed by atoms with Gasteiger partial charge in [-0.3, -0.25) is 4.90 Å². The Morgan fingerprint density at radius 2 is 1.67 bits per heavy atom. The van der Waals surface area contributed by atoms with Crippen LogP contribution in [-0.2, 0) is 13.0 Å². The fourth-order valence-corrected chi connectivity index (χ4v) is 2.87. The van der Waals surface area contributed by atoms with Gasteiger partial charge in [0.05, 0.1) is 6.54 Å². The summed E-state index contributed by atoms with van der Waals surface area (Å²) in [4.78, 5) is 2.32. The summed E-state index contributed by atoms with van der Waals surface area (Å²) in [5, 5.41) is 0.736. The van der Waals surface area contributed by atoms with Crippen LogP contribution >= 0.6 is 11.6 Å². The average molecular weight is 340 g/mol. The lowest BCUT2D eigenvalue weighted by molar-refractivity contribution is 0.229. The molecule has 3 heteroatoms. The molecule has 1 atom stereocenters. The van der Waals surface area contributed by atoms with E-state index in [2.05, 4.69) is 55.3 Å². The molecule has 1 heterocycles. The van der Waals surface area contributed by atoms with E-state index in [1.54, 1.807) is 0 Å². The van der Waals surface area contributed by atoms with Crippen LogP contribution in [-0.4, -0.2) is 18.0 Å². The van der Waals surface area contributed by atoms with Gasteiger partial charge < -0.3 is 4.42 Å². The molecule has 0 radical (unpaired) electrons. The smallest absolute Gasteiger partial charge is 0.134 e. The minimum Gasteiger partial charge on any atom is -0.460 e. The zero-order valence-corrected chi connectivity index (χ0v) is 14.8. The van der Waals surface area contributed by atoms with Gasteiger partial charge in [0.15, 0.2) is 0 Å². The zero-order chi connectivity index (χ0) is 16.9. The van der Waals surface area contributed by atoms with Gasteiger partial charge in [-0.2, -0.15) is 0 Å². The van der Waals surface area contributed by atoms with Gasteiger partial charge in [-0.15, -0.1) is 0 Å². The maximum Gasteiger partial charge on any atom is 0.134 e. The summed E-state index contributed by atoms with van der Waals surface area (Å²) in [6.45, 7) is 3.04. The number of hydrogen-bond acceptors (Lipinski definition) is 2. The molecule has 0 aliphatic carbocycles. The van der Waals surface area contributed by atoms with Crippen LogP contribution in [0.25, 0.3) is 11.3 Å². The van der Waals surface area contributed by atoms with Crippen molar-refractivity contribution in [1.29, 1.82) is 0 Å². The van der Waals surface area contributed by atoms with E-state index in [4.69, 9.17) is 16.0 Å². The topological polar surface area (TPSA) is 16.4 Å². The summed E-state index contributed by atoms with van der Waals surface area (Å²) in [5.74, 6) is 1.85. The molecule has 0 saturated heterocycles. The van der Waals surface area contributed by atoms with Gasteiger partial charge in [-0.25, -0.2) is 0 Å². The highest BCUT2D eigenvalue weighted by Crippen LogP contribution is 2.24. The summed E-state index contributed by atoms with van der Waals surface area (Å²) in [6, 6.07) is 22.8. The Morgan fingerprint density at radius 1 is 0.958 bits per heavy atom. The van der Waals surface area contributed by atoms with Gasteiger partial charge in [0.2, 0.25) is 0 Å². The number of likely N-dealkylation sites (N-methyl/N-ethyl adjacent to an activating group) is 1. The lowest BCUT2D eigenvalue weighted by atomic mass is 10.1. The molecule has 3 aromatic rings. The van der Waals surface area contributed by atoms with Crippen LogP contribution in [0.4, 0.5) is 0 Å². The molecule has 0 aliphatic heterocycles. The standard InChI is InChI=1S/C21H22ClNO/c1-16(14-17-6-4-3-5-7-17)23(2)15-20-12-13-21(24-20)18-8-10-19(22)11-9-18/h3-13,16H,14-15H2,1-2H3/t16-/m0/s1. The van der Waals surface area contributed by atoms with E-state index in [0.29, 0.717) is 6.04 Å². The molecule has 2 aromatic carbocycles. The van der Waals surface area contributed by atoms with Crippen LogP contribution in [0.1, 0.15) is 18.2 Å². The molecule has 0 saturated carbocycles. The Hall–Kier alpha value is -2.03. The molecule has 3 rings (SSSR count). The molecule has 0 spiro atoms. The highest BCUT2D eigenvalue weighted by atomic mass is 35.5. The van der Waals surface area contributed by atoms with Crippen LogP contribution in [0.15, 0.2) is 71.1 Å². The Morgan fingerprint density at radius 3 is 2.38 bits per heavy atom. The van der Waals surface area contributed by atoms with Crippen molar-refractivity contribution in [2.75, 3.05) is 7.05 Å². The fraction of sp³-hybridized carbons (Fsp3) is 0.238. The SMILES string of the molecule is C[C@@H](Cc1ccccc1)N(C)Cc1ccc(-c2ccc(Cl)cc2)o1. The van der Waals surface area contributed by atoms with Gasteiger partial charge in [0.25, 0.3) is 0 Å². The summed E-state index contributed by atoms with van der Waals surface area (Å²) in [7, 11) is 2.14. The molecule has 0 N–H and O–H groups in total. The molecule has 0 bridgehead atoms. The number of hydrogen-bond donors (Lipinski definition) is 0. The first-order valence-corrected chi connectivity index (χ1v) is 8.58.